The quantitative estimate of drug-likeness (QED) is 0.898. The Labute approximate surface area is 140 Å². The first kappa shape index (κ1) is 16.2. The predicted octanol–water partition coefficient (Wildman–Crippen LogP) is 4.54. The Bertz CT molecular complexity index is 631. The lowest BCUT2D eigenvalue weighted by Crippen LogP contribution is -2.50. The minimum atomic E-state index is 0.161. The van der Waals surface area contributed by atoms with E-state index in [9.17, 15) is 0 Å². The molecule has 0 aromatic heterocycles. The molecule has 1 aliphatic rings. The first-order valence-electron chi connectivity index (χ1n) is 8.85. The molecular formula is C21H28N2. The number of benzene rings is 2. The molecule has 2 heteroatoms. The third kappa shape index (κ3) is 3.65. The molecule has 0 spiro atoms. The number of hydrogen-bond donors (Lipinski definition) is 1. The molecule has 3 rings (SSSR count). The van der Waals surface area contributed by atoms with Crippen LogP contribution in [-0.2, 0) is 0 Å². The van der Waals surface area contributed by atoms with Gasteiger partial charge in [0.1, 0.15) is 0 Å². The Hall–Kier alpha value is -1.64. The molecule has 23 heavy (non-hydrogen) atoms. The Morgan fingerprint density at radius 2 is 1.87 bits per heavy atom. The largest absolute Gasteiger partial charge is 0.315 e. The lowest BCUT2D eigenvalue weighted by molar-refractivity contribution is 0.130. The van der Waals surface area contributed by atoms with Crippen molar-refractivity contribution in [1.29, 1.82) is 0 Å². The summed E-state index contributed by atoms with van der Waals surface area (Å²) in [5, 5.41) is 0. The van der Waals surface area contributed by atoms with Gasteiger partial charge in [0.25, 0.3) is 0 Å². The molecule has 0 aliphatic carbocycles. The van der Waals surface area contributed by atoms with Crippen LogP contribution >= 0.6 is 0 Å². The Balaban J connectivity index is 1.79. The van der Waals surface area contributed by atoms with Gasteiger partial charge in [-0.3, -0.25) is 4.90 Å². The topological polar surface area (TPSA) is 29.3 Å². The number of hydrogen-bond acceptors (Lipinski definition) is 2. The van der Waals surface area contributed by atoms with E-state index in [1.165, 1.54) is 41.5 Å². The second-order valence-electron chi connectivity index (χ2n) is 6.77. The van der Waals surface area contributed by atoms with E-state index in [0.717, 1.165) is 13.1 Å². The zero-order valence-electron chi connectivity index (χ0n) is 14.3. The summed E-state index contributed by atoms with van der Waals surface area (Å²) in [6.45, 7) is 6.63. The number of aryl methyl sites for hydroxylation is 1. The number of nitrogens with two attached hydrogens (primary N) is 1. The molecule has 0 bridgehead atoms. The van der Waals surface area contributed by atoms with Crippen LogP contribution in [0.2, 0.25) is 0 Å². The third-order valence-corrected chi connectivity index (χ3v) is 5.00. The molecule has 2 nitrogen and oxygen atoms in total. The first-order chi connectivity index (χ1) is 11.2. The van der Waals surface area contributed by atoms with Crippen LogP contribution in [0.4, 0.5) is 0 Å². The standard InChI is InChI=1S/C21H28N2/c1-3-13-23-14-5-8-20(21(23)22)18-11-9-17(10-12-18)19-7-4-6-16(2)15-19/h4,6-7,9-12,15,20-21H,3,5,8,13-14,22H2,1-2H3. The van der Waals surface area contributed by atoms with Crippen molar-refractivity contribution < 1.29 is 0 Å². The summed E-state index contributed by atoms with van der Waals surface area (Å²) in [7, 11) is 0. The van der Waals surface area contributed by atoms with Crippen molar-refractivity contribution in [2.24, 2.45) is 5.73 Å². The van der Waals surface area contributed by atoms with Gasteiger partial charge in [-0.25, -0.2) is 0 Å². The zero-order chi connectivity index (χ0) is 16.2. The molecule has 0 saturated carbocycles. The van der Waals surface area contributed by atoms with Gasteiger partial charge in [0, 0.05) is 5.92 Å². The van der Waals surface area contributed by atoms with Gasteiger partial charge in [0.05, 0.1) is 6.17 Å². The van der Waals surface area contributed by atoms with Crippen LogP contribution in [0, 0.1) is 6.92 Å². The second-order valence-corrected chi connectivity index (χ2v) is 6.77. The Kier molecular flexibility index (Phi) is 5.14. The van der Waals surface area contributed by atoms with Crippen LogP contribution in [0.3, 0.4) is 0 Å². The van der Waals surface area contributed by atoms with Crippen molar-refractivity contribution in [2.45, 2.75) is 45.2 Å². The van der Waals surface area contributed by atoms with Crippen LogP contribution in [0.25, 0.3) is 11.1 Å². The fourth-order valence-electron chi connectivity index (χ4n) is 3.75. The van der Waals surface area contributed by atoms with Crippen molar-refractivity contribution in [1.82, 2.24) is 4.90 Å². The molecule has 0 amide bonds. The van der Waals surface area contributed by atoms with Gasteiger partial charge in [-0.2, -0.15) is 0 Å². The van der Waals surface area contributed by atoms with Gasteiger partial charge >= 0.3 is 0 Å². The minimum Gasteiger partial charge on any atom is -0.315 e. The molecule has 1 aliphatic heterocycles. The van der Waals surface area contributed by atoms with Gasteiger partial charge in [0.2, 0.25) is 0 Å². The highest BCUT2D eigenvalue weighted by molar-refractivity contribution is 5.64. The zero-order valence-corrected chi connectivity index (χ0v) is 14.3. The number of piperidine rings is 1. The summed E-state index contributed by atoms with van der Waals surface area (Å²) >= 11 is 0. The van der Waals surface area contributed by atoms with Crippen molar-refractivity contribution >= 4 is 0 Å². The van der Waals surface area contributed by atoms with E-state index in [0.29, 0.717) is 5.92 Å². The molecule has 0 radical (unpaired) electrons. The number of rotatable bonds is 4. The summed E-state index contributed by atoms with van der Waals surface area (Å²) < 4.78 is 0. The van der Waals surface area contributed by atoms with Crippen molar-refractivity contribution in [3.63, 3.8) is 0 Å². The lowest BCUT2D eigenvalue weighted by Gasteiger charge is -2.39. The Morgan fingerprint density at radius 3 is 2.57 bits per heavy atom. The Morgan fingerprint density at radius 1 is 1.09 bits per heavy atom. The number of nitrogens with zero attached hydrogens (tertiary/aromatic N) is 1. The highest BCUT2D eigenvalue weighted by Crippen LogP contribution is 2.31. The fourth-order valence-corrected chi connectivity index (χ4v) is 3.75. The van der Waals surface area contributed by atoms with Crippen LogP contribution in [0.5, 0.6) is 0 Å². The molecule has 2 aromatic rings. The molecule has 1 fully saturated rings. The van der Waals surface area contributed by atoms with E-state index >= 15 is 0 Å². The van der Waals surface area contributed by atoms with Crippen LogP contribution < -0.4 is 5.73 Å². The van der Waals surface area contributed by atoms with Gasteiger partial charge in [-0.15, -0.1) is 0 Å². The summed E-state index contributed by atoms with van der Waals surface area (Å²) in [6.07, 6.45) is 3.78. The second kappa shape index (κ2) is 7.29. The maximum Gasteiger partial charge on any atom is 0.0642 e. The van der Waals surface area contributed by atoms with Crippen molar-refractivity contribution in [3.05, 3.63) is 59.7 Å². The maximum absolute atomic E-state index is 6.54. The van der Waals surface area contributed by atoms with E-state index in [4.69, 9.17) is 5.73 Å². The monoisotopic (exact) mass is 308 g/mol. The van der Waals surface area contributed by atoms with E-state index < -0.39 is 0 Å². The molecule has 2 aromatic carbocycles. The van der Waals surface area contributed by atoms with E-state index in [2.05, 4.69) is 67.3 Å². The summed E-state index contributed by atoms with van der Waals surface area (Å²) in [5.74, 6) is 0.460. The normalized spacial score (nSPS) is 22.2. The van der Waals surface area contributed by atoms with E-state index in [-0.39, 0.29) is 6.17 Å². The molecular weight excluding hydrogens is 280 g/mol. The van der Waals surface area contributed by atoms with E-state index in [1.54, 1.807) is 0 Å². The maximum atomic E-state index is 6.54. The summed E-state index contributed by atoms with van der Waals surface area (Å²) in [6, 6.07) is 17.7. The predicted molar refractivity (Wildman–Crippen MR) is 98.4 cm³/mol. The van der Waals surface area contributed by atoms with Gasteiger partial charge in [0.15, 0.2) is 0 Å². The SMILES string of the molecule is CCCN1CCCC(c2ccc(-c3cccc(C)c3)cc2)C1N. The van der Waals surface area contributed by atoms with Crippen LogP contribution in [0.1, 0.15) is 43.2 Å². The highest BCUT2D eigenvalue weighted by Gasteiger charge is 2.28. The molecule has 1 saturated heterocycles. The van der Waals surface area contributed by atoms with Crippen molar-refractivity contribution in [2.75, 3.05) is 13.1 Å². The number of likely N-dealkylation sites (tertiary alicyclic amines) is 1. The molecule has 2 atom stereocenters. The fraction of sp³-hybridized carbons (Fsp3) is 0.429. The first-order valence-corrected chi connectivity index (χ1v) is 8.85. The summed E-state index contributed by atoms with van der Waals surface area (Å²) in [5.41, 5.74) is 11.8. The van der Waals surface area contributed by atoms with Gasteiger partial charge in [-0.1, -0.05) is 61.0 Å². The summed E-state index contributed by atoms with van der Waals surface area (Å²) in [4.78, 5) is 2.45. The van der Waals surface area contributed by atoms with Gasteiger partial charge < -0.3 is 5.73 Å². The van der Waals surface area contributed by atoms with E-state index in [1.807, 2.05) is 0 Å². The van der Waals surface area contributed by atoms with Crippen LogP contribution in [0.15, 0.2) is 48.5 Å². The molecule has 2 N–H and O–H groups in total. The van der Waals surface area contributed by atoms with Crippen molar-refractivity contribution in [3.8, 4) is 11.1 Å². The highest BCUT2D eigenvalue weighted by atomic mass is 15.2. The van der Waals surface area contributed by atoms with Crippen LogP contribution in [-0.4, -0.2) is 24.2 Å². The average Bonchev–Trinajstić information content (AvgIpc) is 2.57. The third-order valence-electron chi connectivity index (χ3n) is 5.00. The lowest BCUT2D eigenvalue weighted by atomic mass is 9.87. The molecule has 1 heterocycles. The van der Waals surface area contributed by atoms with Gasteiger partial charge in [-0.05, 0) is 56.0 Å². The smallest absolute Gasteiger partial charge is 0.0642 e. The minimum absolute atomic E-state index is 0.161. The molecule has 122 valence electrons. The average molecular weight is 308 g/mol. The molecule has 2 unspecified atom stereocenters.